The number of para-hydroxylation sites is 1. The van der Waals surface area contributed by atoms with Gasteiger partial charge in [0.2, 0.25) is 0 Å². The Balaban J connectivity index is 1.77. The Kier molecular flexibility index (Phi) is 7.02. The van der Waals surface area contributed by atoms with Crippen molar-refractivity contribution in [3.63, 3.8) is 0 Å². The predicted octanol–water partition coefficient (Wildman–Crippen LogP) is 4.59. The molecule has 0 saturated heterocycles. The summed E-state index contributed by atoms with van der Waals surface area (Å²) in [7, 11) is 0. The third-order valence-electron chi connectivity index (χ3n) is 5.09. The van der Waals surface area contributed by atoms with Gasteiger partial charge in [0.05, 0.1) is 19.8 Å². The summed E-state index contributed by atoms with van der Waals surface area (Å²) < 4.78 is 17.2. The molecule has 1 aliphatic rings. The number of fused-ring (bicyclic) bond motifs is 1. The van der Waals surface area contributed by atoms with Crippen LogP contribution in [-0.4, -0.2) is 43.2 Å². The Hall–Kier alpha value is -2.69. The summed E-state index contributed by atoms with van der Waals surface area (Å²) in [5.41, 5.74) is 1.82. The van der Waals surface area contributed by atoms with Gasteiger partial charge in [-0.3, -0.25) is 4.79 Å². The molecule has 0 bridgehead atoms. The zero-order chi connectivity index (χ0) is 20.8. The van der Waals surface area contributed by atoms with Gasteiger partial charge in [-0.15, -0.1) is 0 Å². The smallest absolute Gasteiger partial charge is 0.254 e. The van der Waals surface area contributed by atoms with E-state index in [0.717, 1.165) is 12.2 Å². The minimum atomic E-state index is 0.00265. The number of rotatable bonds is 8. The average Bonchev–Trinajstić information content (AvgIpc) is 2.73. The van der Waals surface area contributed by atoms with Crippen molar-refractivity contribution >= 4 is 5.91 Å². The second kappa shape index (κ2) is 9.68. The fourth-order valence-electron chi connectivity index (χ4n) is 3.66. The molecule has 1 heterocycles. The van der Waals surface area contributed by atoms with Crippen LogP contribution in [0.15, 0.2) is 42.5 Å². The summed E-state index contributed by atoms with van der Waals surface area (Å²) in [5, 5.41) is 0. The Labute approximate surface area is 173 Å². The van der Waals surface area contributed by atoms with Crippen LogP contribution in [0.4, 0.5) is 0 Å². The van der Waals surface area contributed by atoms with Gasteiger partial charge in [0.25, 0.3) is 5.91 Å². The maximum atomic E-state index is 13.3. The molecule has 0 aliphatic carbocycles. The minimum absolute atomic E-state index is 0.00265. The molecule has 1 aliphatic heterocycles. The zero-order valence-electron chi connectivity index (χ0n) is 17.8. The first-order valence-corrected chi connectivity index (χ1v) is 10.4. The highest BCUT2D eigenvalue weighted by atomic mass is 16.5. The van der Waals surface area contributed by atoms with Crippen LogP contribution in [0.3, 0.4) is 0 Å². The van der Waals surface area contributed by atoms with Crippen molar-refractivity contribution in [2.75, 3.05) is 26.4 Å². The molecule has 29 heavy (non-hydrogen) atoms. The van der Waals surface area contributed by atoms with Gasteiger partial charge in [-0.2, -0.15) is 0 Å². The van der Waals surface area contributed by atoms with Crippen LogP contribution >= 0.6 is 0 Å². The quantitative estimate of drug-likeness (QED) is 0.654. The van der Waals surface area contributed by atoms with E-state index >= 15 is 0 Å². The van der Waals surface area contributed by atoms with E-state index in [0.29, 0.717) is 43.4 Å². The highest BCUT2D eigenvalue weighted by Crippen LogP contribution is 2.31. The van der Waals surface area contributed by atoms with Gasteiger partial charge < -0.3 is 19.1 Å². The van der Waals surface area contributed by atoms with Crippen molar-refractivity contribution < 1.29 is 19.0 Å². The normalized spacial score (nSPS) is 15.4. The van der Waals surface area contributed by atoms with Crippen LogP contribution in [0.2, 0.25) is 0 Å². The molecule has 0 radical (unpaired) electrons. The summed E-state index contributed by atoms with van der Waals surface area (Å²) >= 11 is 0. The molecule has 0 aromatic heterocycles. The van der Waals surface area contributed by atoms with E-state index in [9.17, 15) is 4.79 Å². The summed E-state index contributed by atoms with van der Waals surface area (Å²) in [5.74, 6) is 2.50. The van der Waals surface area contributed by atoms with E-state index in [4.69, 9.17) is 14.2 Å². The number of ether oxygens (including phenoxy) is 3. The Morgan fingerprint density at radius 3 is 2.55 bits per heavy atom. The molecule has 1 amide bonds. The van der Waals surface area contributed by atoms with Crippen LogP contribution in [-0.2, 0) is 6.42 Å². The fourth-order valence-corrected chi connectivity index (χ4v) is 3.66. The lowest BCUT2D eigenvalue weighted by Crippen LogP contribution is -2.43. The standard InChI is InChI=1S/C24H31NO4/c1-5-27-22-12-11-20(14-23(22)28-6-2)24(26)25(17(3)4)15-18-13-19-9-7-8-10-21(19)29-16-18/h7-12,14,17-18H,5-6,13,15-16H2,1-4H3/t18-/m0/s1. The third kappa shape index (κ3) is 5.03. The van der Waals surface area contributed by atoms with Crippen molar-refractivity contribution in [3.8, 4) is 17.2 Å². The number of nitrogens with zero attached hydrogens (tertiary/aromatic N) is 1. The van der Waals surface area contributed by atoms with Gasteiger partial charge in [0, 0.05) is 24.1 Å². The van der Waals surface area contributed by atoms with E-state index in [-0.39, 0.29) is 17.9 Å². The minimum Gasteiger partial charge on any atom is -0.493 e. The highest BCUT2D eigenvalue weighted by molar-refractivity contribution is 5.95. The summed E-state index contributed by atoms with van der Waals surface area (Å²) in [4.78, 5) is 15.2. The largest absolute Gasteiger partial charge is 0.493 e. The Morgan fingerprint density at radius 2 is 1.83 bits per heavy atom. The van der Waals surface area contributed by atoms with Crippen molar-refractivity contribution in [1.82, 2.24) is 4.90 Å². The zero-order valence-corrected chi connectivity index (χ0v) is 17.8. The molecule has 1 atom stereocenters. The molecule has 5 nitrogen and oxygen atoms in total. The van der Waals surface area contributed by atoms with Gasteiger partial charge in [-0.1, -0.05) is 18.2 Å². The van der Waals surface area contributed by atoms with Crippen molar-refractivity contribution in [3.05, 3.63) is 53.6 Å². The van der Waals surface area contributed by atoms with Crippen LogP contribution in [0.25, 0.3) is 0 Å². The average molecular weight is 398 g/mol. The second-order valence-electron chi connectivity index (χ2n) is 7.57. The van der Waals surface area contributed by atoms with Crippen LogP contribution in [0.1, 0.15) is 43.6 Å². The molecule has 5 heteroatoms. The van der Waals surface area contributed by atoms with Gasteiger partial charge in [-0.25, -0.2) is 0 Å². The monoisotopic (exact) mass is 397 g/mol. The number of carbonyl (C=O) groups is 1. The lowest BCUT2D eigenvalue weighted by atomic mass is 9.95. The number of carbonyl (C=O) groups excluding carboxylic acids is 1. The van der Waals surface area contributed by atoms with Crippen molar-refractivity contribution in [2.45, 2.75) is 40.2 Å². The molecule has 0 N–H and O–H groups in total. The Bertz CT molecular complexity index is 833. The summed E-state index contributed by atoms with van der Waals surface area (Å²) in [6.45, 7) is 10.3. The van der Waals surface area contributed by atoms with Crippen LogP contribution < -0.4 is 14.2 Å². The molecule has 0 unspecified atom stereocenters. The van der Waals surface area contributed by atoms with Gasteiger partial charge in [0.1, 0.15) is 5.75 Å². The van der Waals surface area contributed by atoms with E-state index in [2.05, 4.69) is 6.07 Å². The molecule has 2 aromatic rings. The molecule has 0 spiro atoms. The third-order valence-corrected chi connectivity index (χ3v) is 5.09. The molecular formula is C24H31NO4. The molecule has 0 saturated carbocycles. The fraction of sp³-hybridized carbons (Fsp3) is 0.458. The number of benzene rings is 2. The van der Waals surface area contributed by atoms with E-state index in [1.165, 1.54) is 5.56 Å². The van der Waals surface area contributed by atoms with Crippen LogP contribution in [0, 0.1) is 5.92 Å². The SMILES string of the molecule is CCOc1ccc(C(=O)N(C[C@H]2COc3ccccc3C2)C(C)C)cc1OCC. The first-order valence-electron chi connectivity index (χ1n) is 10.4. The van der Waals surface area contributed by atoms with Crippen molar-refractivity contribution in [1.29, 1.82) is 0 Å². The van der Waals surface area contributed by atoms with Gasteiger partial charge in [-0.05, 0) is 63.9 Å². The van der Waals surface area contributed by atoms with Gasteiger partial charge in [0.15, 0.2) is 11.5 Å². The van der Waals surface area contributed by atoms with Crippen molar-refractivity contribution in [2.24, 2.45) is 5.92 Å². The summed E-state index contributed by atoms with van der Waals surface area (Å²) in [6.07, 6.45) is 0.917. The van der Waals surface area contributed by atoms with E-state index < -0.39 is 0 Å². The Morgan fingerprint density at radius 1 is 1.10 bits per heavy atom. The highest BCUT2D eigenvalue weighted by Gasteiger charge is 2.27. The molecular weight excluding hydrogens is 366 g/mol. The molecule has 2 aromatic carbocycles. The lowest BCUT2D eigenvalue weighted by Gasteiger charge is -2.33. The van der Waals surface area contributed by atoms with E-state index in [1.807, 2.05) is 62.9 Å². The summed E-state index contributed by atoms with van der Waals surface area (Å²) in [6, 6.07) is 13.6. The van der Waals surface area contributed by atoms with Crippen LogP contribution in [0.5, 0.6) is 17.2 Å². The maximum absolute atomic E-state index is 13.3. The number of hydrogen-bond donors (Lipinski definition) is 0. The van der Waals surface area contributed by atoms with Gasteiger partial charge >= 0.3 is 0 Å². The number of hydrogen-bond acceptors (Lipinski definition) is 4. The molecule has 156 valence electrons. The number of amides is 1. The maximum Gasteiger partial charge on any atom is 0.254 e. The first kappa shape index (κ1) is 21.0. The lowest BCUT2D eigenvalue weighted by molar-refractivity contribution is 0.0635. The predicted molar refractivity (Wildman–Crippen MR) is 114 cm³/mol. The molecule has 3 rings (SSSR count). The second-order valence-corrected chi connectivity index (χ2v) is 7.57. The topological polar surface area (TPSA) is 48.0 Å². The first-order chi connectivity index (χ1) is 14.0. The molecule has 0 fully saturated rings. The van der Waals surface area contributed by atoms with E-state index in [1.54, 1.807) is 6.07 Å².